The number of rotatable bonds is 12. The summed E-state index contributed by atoms with van der Waals surface area (Å²) in [6.45, 7) is 2.57. The Morgan fingerprint density at radius 2 is 1.47 bits per heavy atom. The average molecular weight is 499 g/mol. The molecule has 0 radical (unpaired) electrons. The Kier molecular flexibility index (Phi) is 11.1. The predicted molar refractivity (Wildman–Crippen MR) is 132 cm³/mol. The van der Waals surface area contributed by atoms with E-state index in [1.54, 1.807) is 13.0 Å². The monoisotopic (exact) mass is 498 g/mol. The first-order valence-corrected chi connectivity index (χ1v) is 12.0. The third kappa shape index (κ3) is 7.99. The minimum atomic E-state index is -0.805. The van der Waals surface area contributed by atoms with Gasteiger partial charge in [0.2, 0.25) is 0 Å². The SMILES string of the molecule is CCOC(=O)/C=C/C1O[C@H](OC)C(OCc2ccccc2)C(OCc2ccccc2)[C@H]1CC(=O)OC. The molecule has 1 saturated heterocycles. The molecule has 3 unspecified atom stereocenters. The van der Waals surface area contributed by atoms with E-state index in [0.29, 0.717) is 13.2 Å². The van der Waals surface area contributed by atoms with E-state index in [4.69, 9.17) is 28.4 Å². The van der Waals surface area contributed by atoms with Crippen LogP contribution in [0.1, 0.15) is 24.5 Å². The van der Waals surface area contributed by atoms with Crippen LogP contribution < -0.4 is 0 Å². The van der Waals surface area contributed by atoms with Gasteiger partial charge in [-0.25, -0.2) is 4.79 Å². The molecule has 3 rings (SSSR count). The second-order valence-corrected chi connectivity index (χ2v) is 8.28. The molecular formula is C28H34O8. The number of carbonyl (C=O) groups is 2. The fourth-order valence-corrected chi connectivity index (χ4v) is 4.09. The molecule has 1 fully saturated rings. The van der Waals surface area contributed by atoms with Crippen molar-refractivity contribution in [3.05, 3.63) is 83.9 Å². The molecule has 2 aromatic rings. The first kappa shape index (κ1) is 27.5. The van der Waals surface area contributed by atoms with Gasteiger partial charge in [0, 0.05) is 19.1 Å². The first-order chi connectivity index (χ1) is 17.5. The van der Waals surface area contributed by atoms with Gasteiger partial charge in [0.1, 0.15) is 6.10 Å². The van der Waals surface area contributed by atoms with Gasteiger partial charge < -0.3 is 28.4 Å². The summed E-state index contributed by atoms with van der Waals surface area (Å²) in [4.78, 5) is 24.4. The number of benzene rings is 2. The van der Waals surface area contributed by atoms with Crippen LogP contribution in [0.25, 0.3) is 0 Å². The fourth-order valence-electron chi connectivity index (χ4n) is 4.09. The zero-order chi connectivity index (χ0) is 25.8. The van der Waals surface area contributed by atoms with Crippen LogP contribution in [-0.2, 0) is 51.2 Å². The molecule has 0 saturated carbocycles. The van der Waals surface area contributed by atoms with Crippen LogP contribution in [0.2, 0.25) is 0 Å². The van der Waals surface area contributed by atoms with Crippen molar-refractivity contribution in [2.24, 2.45) is 5.92 Å². The van der Waals surface area contributed by atoms with Crippen LogP contribution in [0.15, 0.2) is 72.8 Å². The lowest BCUT2D eigenvalue weighted by atomic mass is 9.85. The first-order valence-electron chi connectivity index (χ1n) is 12.0. The van der Waals surface area contributed by atoms with Gasteiger partial charge in [-0.2, -0.15) is 0 Å². The Balaban J connectivity index is 1.91. The number of hydrogen-bond donors (Lipinski definition) is 0. The summed E-state index contributed by atoms with van der Waals surface area (Å²) in [5, 5.41) is 0. The lowest BCUT2D eigenvalue weighted by Crippen LogP contribution is -2.57. The highest BCUT2D eigenvalue weighted by atomic mass is 16.7. The molecule has 0 bridgehead atoms. The molecule has 1 heterocycles. The molecule has 0 amide bonds. The zero-order valence-electron chi connectivity index (χ0n) is 20.9. The Labute approximate surface area is 212 Å². The summed E-state index contributed by atoms with van der Waals surface area (Å²) in [5.41, 5.74) is 1.94. The normalized spacial score (nSPS) is 23.9. The van der Waals surface area contributed by atoms with E-state index in [2.05, 4.69) is 0 Å². The van der Waals surface area contributed by atoms with Gasteiger partial charge in [0.15, 0.2) is 6.29 Å². The van der Waals surface area contributed by atoms with Crippen molar-refractivity contribution in [3.8, 4) is 0 Å². The predicted octanol–water partition coefficient (Wildman–Crippen LogP) is 3.83. The van der Waals surface area contributed by atoms with E-state index in [0.717, 1.165) is 11.1 Å². The smallest absolute Gasteiger partial charge is 0.330 e. The number of hydrogen-bond acceptors (Lipinski definition) is 8. The molecule has 0 aromatic heterocycles. The maximum absolute atomic E-state index is 12.4. The van der Waals surface area contributed by atoms with Crippen molar-refractivity contribution < 1.29 is 38.0 Å². The van der Waals surface area contributed by atoms with Crippen molar-refractivity contribution in [1.29, 1.82) is 0 Å². The number of ether oxygens (including phenoxy) is 6. The lowest BCUT2D eigenvalue weighted by Gasteiger charge is -2.45. The summed E-state index contributed by atoms with van der Waals surface area (Å²) in [6, 6.07) is 19.4. The van der Waals surface area contributed by atoms with Crippen molar-refractivity contribution in [2.75, 3.05) is 20.8 Å². The summed E-state index contributed by atoms with van der Waals surface area (Å²) in [5.74, 6) is -1.45. The third-order valence-electron chi connectivity index (χ3n) is 5.87. The van der Waals surface area contributed by atoms with E-state index in [9.17, 15) is 9.59 Å². The fraction of sp³-hybridized carbons (Fsp3) is 0.429. The van der Waals surface area contributed by atoms with Gasteiger partial charge in [-0.1, -0.05) is 60.7 Å². The second-order valence-electron chi connectivity index (χ2n) is 8.28. The molecule has 5 atom stereocenters. The number of carbonyl (C=O) groups excluding carboxylic acids is 2. The van der Waals surface area contributed by atoms with Crippen LogP contribution in [0.4, 0.5) is 0 Å². The molecule has 1 aliphatic rings. The van der Waals surface area contributed by atoms with Gasteiger partial charge in [-0.3, -0.25) is 4.79 Å². The molecule has 8 heteroatoms. The summed E-state index contributed by atoms with van der Waals surface area (Å²) in [6.07, 6.45) is 0.115. The van der Waals surface area contributed by atoms with Crippen LogP contribution in [0.5, 0.6) is 0 Å². The van der Waals surface area contributed by atoms with Crippen LogP contribution >= 0.6 is 0 Å². The maximum atomic E-state index is 12.4. The summed E-state index contributed by atoms with van der Waals surface area (Å²) in [7, 11) is 2.85. The molecule has 0 aliphatic carbocycles. The zero-order valence-corrected chi connectivity index (χ0v) is 20.9. The summed E-state index contributed by atoms with van der Waals surface area (Å²) < 4.78 is 34.5. The Morgan fingerprint density at radius 3 is 2.00 bits per heavy atom. The number of methoxy groups -OCH3 is 2. The van der Waals surface area contributed by atoms with Crippen molar-refractivity contribution in [1.82, 2.24) is 0 Å². The average Bonchev–Trinajstić information content (AvgIpc) is 2.91. The molecular weight excluding hydrogens is 464 g/mol. The van der Waals surface area contributed by atoms with Gasteiger partial charge in [0.25, 0.3) is 0 Å². The Hall–Kier alpha value is -3.04. The lowest BCUT2D eigenvalue weighted by molar-refractivity contribution is -0.291. The van der Waals surface area contributed by atoms with E-state index >= 15 is 0 Å². The highest BCUT2D eigenvalue weighted by molar-refractivity contribution is 5.82. The Bertz CT molecular complexity index is 962. The van der Waals surface area contributed by atoms with Gasteiger partial charge in [0.05, 0.1) is 45.6 Å². The standard InChI is InChI=1S/C28H34O8/c1-4-33-24(29)16-15-23-22(17-25(30)31-2)26(34-18-20-11-7-5-8-12-20)27(28(32-3)36-23)35-19-21-13-9-6-10-14-21/h5-16,22-23,26-28H,4,17-19H2,1-3H3/b16-15+/t22-,23?,26?,27?,28-/m0/s1. The van der Waals surface area contributed by atoms with E-state index < -0.39 is 42.5 Å². The topological polar surface area (TPSA) is 89.5 Å². The molecule has 2 aromatic carbocycles. The number of esters is 2. The molecule has 0 N–H and O–H groups in total. The van der Waals surface area contributed by atoms with E-state index in [1.807, 2.05) is 60.7 Å². The maximum Gasteiger partial charge on any atom is 0.330 e. The molecule has 0 spiro atoms. The highest BCUT2D eigenvalue weighted by Gasteiger charge is 2.48. The van der Waals surface area contributed by atoms with Gasteiger partial charge >= 0.3 is 11.9 Å². The quantitative estimate of drug-likeness (QED) is 0.322. The van der Waals surface area contributed by atoms with E-state index in [-0.39, 0.29) is 13.0 Å². The molecule has 1 aliphatic heterocycles. The highest BCUT2D eigenvalue weighted by Crippen LogP contribution is 2.35. The minimum absolute atomic E-state index is 0.00454. The largest absolute Gasteiger partial charge is 0.469 e. The minimum Gasteiger partial charge on any atom is -0.469 e. The van der Waals surface area contributed by atoms with Crippen molar-refractivity contribution in [3.63, 3.8) is 0 Å². The van der Waals surface area contributed by atoms with Crippen molar-refractivity contribution >= 4 is 11.9 Å². The third-order valence-corrected chi connectivity index (χ3v) is 5.87. The van der Waals surface area contributed by atoms with Crippen LogP contribution in [0.3, 0.4) is 0 Å². The summed E-state index contributed by atoms with van der Waals surface area (Å²) >= 11 is 0. The van der Waals surface area contributed by atoms with E-state index in [1.165, 1.54) is 20.3 Å². The van der Waals surface area contributed by atoms with Gasteiger partial charge in [-0.05, 0) is 24.1 Å². The second kappa shape index (κ2) is 14.5. The molecule has 194 valence electrons. The van der Waals surface area contributed by atoms with Crippen LogP contribution in [-0.4, -0.2) is 57.4 Å². The van der Waals surface area contributed by atoms with Crippen molar-refractivity contribution in [2.45, 2.75) is 51.2 Å². The van der Waals surface area contributed by atoms with Gasteiger partial charge in [-0.15, -0.1) is 0 Å². The molecule has 36 heavy (non-hydrogen) atoms. The molecule has 8 nitrogen and oxygen atoms in total. The Morgan fingerprint density at radius 1 is 0.889 bits per heavy atom. The van der Waals surface area contributed by atoms with Crippen LogP contribution in [0, 0.1) is 5.92 Å².